The molecule has 0 saturated carbocycles. The molecule has 30 heavy (non-hydrogen) atoms. The lowest BCUT2D eigenvalue weighted by atomic mass is 10.1. The molecule has 0 bridgehead atoms. The number of hydrogen-bond donors (Lipinski definition) is 2. The second kappa shape index (κ2) is 8.19. The first kappa shape index (κ1) is 25.9. The zero-order valence-corrected chi connectivity index (χ0v) is 15.7. The monoisotopic (exact) mass is 511 g/mol. The van der Waals surface area contributed by atoms with E-state index in [2.05, 4.69) is 0 Å². The highest BCUT2D eigenvalue weighted by Gasteiger charge is 2.63. The second-order valence-corrected chi connectivity index (χ2v) is 7.43. The summed E-state index contributed by atoms with van der Waals surface area (Å²) >= 11 is 15.5. The van der Waals surface area contributed by atoms with Gasteiger partial charge in [0.05, 0.1) is 16.2 Å². The Kier molecular flexibility index (Phi) is 7.07. The summed E-state index contributed by atoms with van der Waals surface area (Å²) in [5.41, 5.74) is -6.70. The van der Waals surface area contributed by atoms with Gasteiger partial charge < -0.3 is 10.6 Å². The number of hydrogen-bond acceptors (Lipinski definition) is 4. The predicted octanol–water partition coefficient (Wildman–Crippen LogP) is 5.06. The first-order chi connectivity index (χ1) is 13.2. The Morgan fingerprint density at radius 2 is 1.40 bits per heavy atom. The van der Waals surface area contributed by atoms with E-state index < -0.39 is 61.4 Å². The van der Waals surface area contributed by atoms with Crippen molar-refractivity contribution in [3.05, 3.63) is 27.8 Å². The summed E-state index contributed by atoms with van der Waals surface area (Å²) in [6.45, 7) is 0. The summed E-state index contributed by atoms with van der Waals surface area (Å²) in [6, 6.07) is -0.448. The molecule has 1 aromatic rings. The summed E-state index contributed by atoms with van der Waals surface area (Å²) in [6.07, 6.45) is -11.8. The summed E-state index contributed by atoms with van der Waals surface area (Å²) in [4.78, 5) is 32.5. The standard InChI is InChI=1S/C12H4Cl3F8N3O4/c13-10(14,15)8(28)25-6-4(24-7(27)9(16,17)12(21,22)23)1-3(11(18,19)20)2-5(6)26(29)30/h1-2H,(H,24,27)(H,25,28). The SMILES string of the molecule is O=C(Nc1c(NC(=O)C(F)(F)C(F)(F)F)cc(C(F)(F)F)cc1[N+](=O)[O-])C(Cl)(Cl)Cl. The minimum Gasteiger partial charge on any atom is -0.318 e. The van der Waals surface area contributed by atoms with Crippen LogP contribution in [0.3, 0.4) is 0 Å². The molecule has 0 spiro atoms. The highest BCUT2D eigenvalue weighted by molar-refractivity contribution is 6.76. The molecule has 7 nitrogen and oxygen atoms in total. The first-order valence-corrected chi connectivity index (χ1v) is 7.86. The lowest BCUT2D eigenvalue weighted by molar-refractivity contribution is -0.384. The lowest BCUT2D eigenvalue weighted by Gasteiger charge is -2.21. The third-order valence-corrected chi connectivity index (χ3v) is 3.54. The topological polar surface area (TPSA) is 101 Å². The van der Waals surface area contributed by atoms with E-state index in [4.69, 9.17) is 34.8 Å². The zero-order valence-electron chi connectivity index (χ0n) is 13.4. The highest BCUT2D eigenvalue weighted by Crippen LogP contribution is 2.43. The molecule has 0 heterocycles. The molecule has 0 aromatic heterocycles. The third kappa shape index (κ3) is 5.72. The van der Waals surface area contributed by atoms with Gasteiger partial charge in [0.2, 0.25) is 0 Å². The van der Waals surface area contributed by atoms with Crippen LogP contribution in [0.1, 0.15) is 5.56 Å². The van der Waals surface area contributed by atoms with E-state index in [1.54, 1.807) is 0 Å². The van der Waals surface area contributed by atoms with Crippen molar-refractivity contribution in [1.82, 2.24) is 0 Å². The molecule has 1 rings (SSSR count). The Bertz CT molecular complexity index is 883. The number of halogens is 11. The molecule has 2 amide bonds. The number of rotatable bonds is 4. The van der Waals surface area contributed by atoms with Gasteiger partial charge >= 0.3 is 24.2 Å². The van der Waals surface area contributed by atoms with Crippen LogP contribution in [-0.2, 0) is 15.8 Å². The zero-order chi connectivity index (χ0) is 23.9. The summed E-state index contributed by atoms with van der Waals surface area (Å²) in [5.74, 6) is -11.1. The molecular weight excluding hydrogens is 508 g/mol. The Balaban J connectivity index is 3.71. The lowest BCUT2D eigenvalue weighted by Crippen LogP contribution is -2.47. The molecule has 0 radical (unpaired) electrons. The van der Waals surface area contributed by atoms with Gasteiger partial charge in [-0.05, 0) is 6.07 Å². The van der Waals surface area contributed by atoms with E-state index in [-0.39, 0.29) is 12.1 Å². The number of anilines is 2. The maximum Gasteiger partial charge on any atom is 0.463 e. The first-order valence-electron chi connectivity index (χ1n) is 6.73. The van der Waals surface area contributed by atoms with Crippen LogP contribution in [0.4, 0.5) is 52.2 Å². The fourth-order valence-electron chi connectivity index (χ4n) is 1.68. The van der Waals surface area contributed by atoms with Crippen LogP contribution in [0, 0.1) is 10.1 Å². The average molecular weight is 513 g/mol. The molecule has 1 aromatic carbocycles. The van der Waals surface area contributed by atoms with Gasteiger partial charge in [0.15, 0.2) is 0 Å². The van der Waals surface area contributed by atoms with Gasteiger partial charge in [0.25, 0.3) is 15.4 Å². The van der Waals surface area contributed by atoms with Crippen molar-refractivity contribution in [2.75, 3.05) is 10.6 Å². The summed E-state index contributed by atoms with van der Waals surface area (Å²) in [7, 11) is 0. The van der Waals surface area contributed by atoms with Crippen LogP contribution in [0.25, 0.3) is 0 Å². The van der Waals surface area contributed by atoms with E-state index >= 15 is 0 Å². The molecule has 2 N–H and O–H groups in total. The summed E-state index contributed by atoms with van der Waals surface area (Å²) < 4.78 is 99.1. The van der Waals surface area contributed by atoms with Gasteiger partial charge in [-0.25, -0.2) is 0 Å². The average Bonchev–Trinajstić information content (AvgIpc) is 2.52. The van der Waals surface area contributed by atoms with Gasteiger partial charge in [-0.15, -0.1) is 0 Å². The molecule has 18 heteroatoms. The fourth-order valence-corrected chi connectivity index (χ4v) is 1.82. The Hall–Kier alpha value is -2.13. The van der Waals surface area contributed by atoms with Crippen LogP contribution in [-0.4, -0.2) is 32.6 Å². The van der Waals surface area contributed by atoms with Crippen molar-refractivity contribution in [2.24, 2.45) is 0 Å². The Morgan fingerprint density at radius 3 is 1.77 bits per heavy atom. The smallest absolute Gasteiger partial charge is 0.318 e. The molecular formula is C12H4Cl3F8N3O4. The molecule has 0 aliphatic rings. The van der Waals surface area contributed by atoms with Crippen molar-refractivity contribution in [2.45, 2.75) is 22.1 Å². The van der Waals surface area contributed by atoms with Crippen molar-refractivity contribution >= 4 is 63.7 Å². The Labute approximate surface area is 174 Å². The molecule has 0 aliphatic heterocycles. The van der Waals surface area contributed by atoms with Gasteiger partial charge in [-0.2, -0.15) is 35.1 Å². The number of carbonyl (C=O) groups is 2. The molecule has 0 fully saturated rings. The maximum atomic E-state index is 13.1. The van der Waals surface area contributed by atoms with E-state index in [1.165, 1.54) is 5.32 Å². The number of carbonyl (C=O) groups excluding carboxylic acids is 2. The molecule has 168 valence electrons. The molecule has 0 aliphatic carbocycles. The van der Waals surface area contributed by atoms with Crippen LogP contribution in [0.5, 0.6) is 0 Å². The van der Waals surface area contributed by atoms with Crippen LogP contribution in [0.2, 0.25) is 0 Å². The maximum absolute atomic E-state index is 13.1. The van der Waals surface area contributed by atoms with Gasteiger partial charge in [0, 0.05) is 6.07 Å². The van der Waals surface area contributed by atoms with E-state index in [1.807, 2.05) is 0 Å². The Morgan fingerprint density at radius 1 is 0.900 bits per heavy atom. The van der Waals surface area contributed by atoms with E-state index in [0.717, 1.165) is 5.32 Å². The number of nitro benzene ring substituents is 1. The largest absolute Gasteiger partial charge is 0.463 e. The van der Waals surface area contributed by atoms with Crippen molar-refractivity contribution in [1.29, 1.82) is 0 Å². The normalized spacial score (nSPS) is 13.0. The predicted molar refractivity (Wildman–Crippen MR) is 86.6 cm³/mol. The second-order valence-electron chi connectivity index (χ2n) is 5.15. The number of nitro groups is 1. The highest BCUT2D eigenvalue weighted by atomic mass is 35.6. The number of benzene rings is 1. The molecule has 0 atom stereocenters. The fraction of sp³-hybridized carbons (Fsp3) is 0.333. The van der Waals surface area contributed by atoms with Crippen molar-refractivity contribution < 1.29 is 49.6 Å². The minimum atomic E-state index is -6.47. The van der Waals surface area contributed by atoms with Gasteiger partial charge in [-0.1, -0.05) is 34.8 Å². The third-order valence-electron chi connectivity index (χ3n) is 3.03. The van der Waals surface area contributed by atoms with Crippen molar-refractivity contribution in [3.63, 3.8) is 0 Å². The van der Waals surface area contributed by atoms with Gasteiger partial charge in [-0.3, -0.25) is 19.7 Å². The quantitative estimate of drug-likeness (QED) is 0.255. The van der Waals surface area contributed by atoms with Gasteiger partial charge in [0.1, 0.15) is 5.69 Å². The number of nitrogens with one attached hydrogen (secondary N) is 2. The number of alkyl halides is 11. The number of amides is 2. The van der Waals surface area contributed by atoms with Crippen LogP contribution < -0.4 is 10.6 Å². The molecule has 0 unspecified atom stereocenters. The molecule has 0 saturated heterocycles. The minimum absolute atomic E-state index is 0.203. The van der Waals surface area contributed by atoms with Crippen molar-refractivity contribution in [3.8, 4) is 0 Å². The van der Waals surface area contributed by atoms with Crippen LogP contribution >= 0.6 is 34.8 Å². The van der Waals surface area contributed by atoms with E-state index in [0.29, 0.717) is 0 Å². The summed E-state index contributed by atoms with van der Waals surface area (Å²) in [5, 5.41) is 13.2. The number of nitrogens with zero attached hydrogens (tertiary/aromatic N) is 1. The van der Waals surface area contributed by atoms with Crippen LogP contribution in [0.15, 0.2) is 12.1 Å². The van der Waals surface area contributed by atoms with E-state index in [9.17, 15) is 54.8 Å².